The van der Waals surface area contributed by atoms with Crippen molar-refractivity contribution in [3.8, 4) is 0 Å². The summed E-state index contributed by atoms with van der Waals surface area (Å²) in [5.74, 6) is 0. The molecular formula is C11H12BrN3O3S. The zero-order valence-corrected chi connectivity index (χ0v) is 12.4. The largest absolute Gasteiger partial charge is 0.392 e. The Kier molecular flexibility index (Phi) is 3.93. The lowest BCUT2D eigenvalue weighted by Gasteiger charge is -2.11. The van der Waals surface area contributed by atoms with Crippen LogP contribution in [0, 0.1) is 6.92 Å². The molecule has 0 amide bonds. The Bertz CT molecular complexity index is 683. The topological polar surface area (TPSA) is 95.1 Å². The summed E-state index contributed by atoms with van der Waals surface area (Å²) >= 11 is 3.26. The third-order valence-corrected chi connectivity index (χ3v) is 5.22. The van der Waals surface area contributed by atoms with Crippen LogP contribution in [0.4, 0.5) is 5.69 Å². The molecule has 2 rings (SSSR count). The van der Waals surface area contributed by atoms with E-state index >= 15 is 0 Å². The number of hydrogen-bond donors (Lipinski definition) is 3. The number of aryl methyl sites for hydroxylation is 1. The number of nitrogens with zero attached hydrogens (tertiary/aromatic N) is 1. The molecule has 3 N–H and O–H groups in total. The number of H-pyrrole nitrogens is 1. The van der Waals surface area contributed by atoms with Crippen LogP contribution in [0.2, 0.25) is 0 Å². The maximum absolute atomic E-state index is 12.3. The Morgan fingerprint density at radius 3 is 2.79 bits per heavy atom. The Balaban J connectivity index is 2.48. The van der Waals surface area contributed by atoms with Crippen LogP contribution in [0.1, 0.15) is 11.1 Å². The van der Waals surface area contributed by atoms with Crippen LogP contribution in [0.5, 0.6) is 0 Å². The predicted molar refractivity (Wildman–Crippen MR) is 74.2 cm³/mol. The fraction of sp³-hybridized carbons (Fsp3) is 0.182. The SMILES string of the molecule is Cc1cc(CO)cc(S(=O)(=O)Nc2cn[nH]c2)c1Br. The molecule has 0 saturated carbocycles. The van der Waals surface area contributed by atoms with Gasteiger partial charge < -0.3 is 5.11 Å². The van der Waals surface area contributed by atoms with E-state index in [0.717, 1.165) is 5.56 Å². The number of benzene rings is 1. The van der Waals surface area contributed by atoms with Gasteiger partial charge in [0.05, 0.1) is 18.5 Å². The standard InChI is InChI=1S/C11H12BrN3O3S/c1-7-2-8(6-16)3-10(11(7)12)19(17,18)15-9-4-13-14-5-9/h2-5,15-16H,6H2,1H3,(H,13,14). The first-order valence-corrected chi connectivity index (χ1v) is 7.63. The molecule has 0 aliphatic rings. The highest BCUT2D eigenvalue weighted by Crippen LogP contribution is 2.28. The van der Waals surface area contributed by atoms with E-state index in [2.05, 4.69) is 30.8 Å². The Labute approximate surface area is 119 Å². The van der Waals surface area contributed by atoms with Crippen molar-refractivity contribution in [1.29, 1.82) is 0 Å². The van der Waals surface area contributed by atoms with Crippen molar-refractivity contribution in [2.75, 3.05) is 4.72 Å². The van der Waals surface area contributed by atoms with Crippen molar-refractivity contribution in [3.05, 3.63) is 40.1 Å². The number of hydrogen-bond acceptors (Lipinski definition) is 4. The van der Waals surface area contributed by atoms with Gasteiger partial charge in [-0.25, -0.2) is 8.42 Å². The van der Waals surface area contributed by atoms with E-state index in [1.807, 2.05) is 0 Å². The lowest BCUT2D eigenvalue weighted by atomic mass is 10.1. The van der Waals surface area contributed by atoms with Gasteiger partial charge in [0, 0.05) is 10.7 Å². The lowest BCUT2D eigenvalue weighted by Crippen LogP contribution is -2.14. The van der Waals surface area contributed by atoms with E-state index in [-0.39, 0.29) is 11.5 Å². The zero-order chi connectivity index (χ0) is 14.0. The molecule has 1 aromatic carbocycles. The molecule has 0 radical (unpaired) electrons. The maximum atomic E-state index is 12.3. The summed E-state index contributed by atoms with van der Waals surface area (Å²) in [5, 5.41) is 15.3. The molecule has 102 valence electrons. The fourth-order valence-corrected chi connectivity index (χ4v) is 3.72. The number of aromatic amines is 1. The normalized spacial score (nSPS) is 11.5. The zero-order valence-electron chi connectivity index (χ0n) is 10.0. The van der Waals surface area contributed by atoms with Crippen LogP contribution in [0.15, 0.2) is 33.9 Å². The Hall–Kier alpha value is -1.38. The summed E-state index contributed by atoms with van der Waals surface area (Å²) in [5.41, 5.74) is 1.62. The number of anilines is 1. The number of sulfonamides is 1. The lowest BCUT2D eigenvalue weighted by molar-refractivity contribution is 0.281. The predicted octanol–water partition coefficient (Wildman–Crippen LogP) is 1.77. The molecule has 0 fully saturated rings. The van der Waals surface area contributed by atoms with Crippen molar-refractivity contribution in [3.63, 3.8) is 0 Å². The second-order valence-electron chi connectivity index (χ2n) is 3.98. The first-order chi connectivity index (χ1) is 8.94. The highest BCUT2D eigenvalue weighted by molar-refractivity contribution is 9.10. The van der Waals surface area contributed by atoms with E-state index in [1.165, 1.54) is 18.5 Å². The van der Waals surface area contributed by atoms with E-state index in [1.54, 1.807) is 13.0 Å². The molecule has 0 aliphatic carbocycles. The van der Waals surface area contributed by atoms with E-state index in [0.29, 0.717) is 15.7 Å². The number of rotatable bonds is 4. The second kappa shape index (κ2) is 5.32. The molecule has 0 unspecified atom stereocenters. The molecule has 0 bridgehead atoms. The van der Waals surface area contributed by atoms with Gasteiger partial charge in [0.15, 0.2) is 0 Å². The summed E-state index contributed by atoms with van der Waals surface area (Å²) < 4.78 is 27.4. The van der Waals surface area contributed by atoms with Gasteiger partial charge >= 0.3 is 0 Å². The summed E-state index contributed by atoms with van der Waals surface area (Å²) in [6.45, 7) is 1.54. The average molecular weight is 346 g/mol. The van der Waals surface area contributed by atoms with Crippen molar-refractivity contribution in [2.24, 2.45) is 0 Å². The van der Waals surface area contributed by atoms with Crippen molar-refractivity contribution < 1.29 is 13.5 Å². The summed E-state index contributed by atoms with van der Waals surface area (Å²) in [6, 6.07) is 3.15. The first-order valence-electron chi connectivity index (χ1n) is 5.35. The van der Waals surface area contributed by atoms with Crippen LogP contribution in [-0.4, -0.2) is 23.7 Å². The van der Waals surface area contributed by atoms with E-state index in [9.17, 15) is 8.42 Å². The monoisotopic (exact) mass is 345 g/mol. The molecule has 1 heterocycles. The fourth-order valence-electron chi connectivity index (χ4n) is 1.61. The number of nitrogens with one attached hydrogen (secondary N) is 2. The quantitative estimate of drug-likeness (QED) is 0.786. The molecule has 0 spiro atoms. The summed E-state index contributed by atoms with van der Waals surface area (Å²) in [6.07, 6.45) is 2.81. The molecule has 2 aromatic rings. The number of aromatic nitrogens is 2. The van der Waals surface area contributed by atoms with Gasteiger partial charge in [-0.05, 0) is 40.0 Å². The van der Waals surface area contributed by atoms with Crippen LogP contribution >= 0.6 is 15.9 Å². The van der Waals surface area contributed by atoms with Gasteiger partial charge in [0.25, 0.3) is 10.0 Å². The minimum absolute atomic E-state index is 0.0813. The number of aliphatic hydroxyl groups is 1. The minimum atomic E-state index is -3.74. The van der Waals surface area contributed by atoms with Gasteiger partial charge in [0.1, 0.15) is 4.90 Å². The molecular weight excluding hydrogens is 334 g/mol. The van der Waals surface area contributed by atoms with Crippen LogP contribution < -0.4 is 4.72 Å². The van der Waals surface area contributed by atoms with Crippen molar-refractivity contribution in [2.45, 2.75) is 18.4 Å². The van der Waals surface area contributed by atoms with E-state index < -0.39 is 10.0 Å². The second-order valence-corrected chi connectivity index (χ2v) is 6.42. The summed E-state index contributed by atoms with van der Waals surface area (Å²) in [7, 11) is -3.74. The van der Waals surface area contributed by atoms with Gasteiger partial charge in [-0.2, -0.15) is 5.10 Å². The highest BCUT2D eigenvalue weighted by atomic mass is 79.9. The van der Waals surface area contributed by atoms with Crippen LogP contribution in [0.3, 0.4) is 0 Å². The molecule has 6 nitrogen and oxygen atoms in total. The van der Waals surface area contributed by atoms with Crippen molar-refractivity contribution in [1.82, 2.24) is 10.2 Å². The first kappa shape index (κ1) is 14.0. The smallest absolute Gasteiger partial charge is 0.263 e. The maximum Gasteiger partial charge on any atom is 0.263 e. The Morgan fingerprint density at radius 2 is 2.21 bits per heavy atom. The summed E-state index contributed by atoms with van der Waals surface area (Å²) in [4.78, 5) is 0.0813. The Morgan fingerprint density at radius 1 is 1.47 bits per heavy atom. The molecule has 0 atom stereocenters. The molecule has 19 heavy (non-hydrogen) atoms. The van der Waals surface area contributed by atoms with Gasteiger partial charge in [-0.1, -0.05) is 6.07 Å². The van der Waals surface area contributed by atoms with Gasteiger partial charge in [-0.3, -0.25) is 9.82 Å². The van der Waals surface area contributed by atoms with Gasteiger partial charge in [-0.15, -0.1) is 0 Å². The van der Waals surface area contributed by atoms with Gasteiger partial charge in [0.2, 0.25) is 0 Å². The number of aliphatic hydroxyl groups excluding tert-OH is 1. The third kappa shape index (κ3) is 2.96. The minimum Gasteiger partial charge on any atom is -0.392 e. The third-order valence-electron chi connectivity index (χ3n) is 2.50. The van der Waals surface area contributed by atoms with Crippen molar-refractivity contribution >= 4 is 31.6 Å². The average Bonchev–Trinajstić information content (AvgIpc) is 2.84. The molecule has 0 saturated heterocycles. The highest BCUT2D eigenvalue weighted by Gasteiger charge is 2.20. The number of halogens is 1. The molecule has 0 aliphatic heterocycles. The van der Waals surface area contributed by atoms with Crippen LogP contribution in [-0.2, 0) is 16.6 Å². The van der Waals surface area contributed by atoms with Crippen LogP contribution in [0.25, 0.3) is 0 Å². The van der Waals surface area contributed by atoms with E-state index in [4.69, 9.17) is 5.11 Å². The molecule has 8 heteroatoms. The molecule has 1 aromatic heterocycles.